The number of urea groups is 1. The first-order valence-electron chi connectivity index (χ1n) is 15.5. The second-order valence-electron chi connectivity index (χ2n) is 12.3. The van der Waals surface area contributed by atoms with Crippen LogP contribution in [-0.4, -0.2) is 98.1 Å². The number of aromatic nitrogens is 1. The number of nitrogens with one attached hydrogen (secondary N) is 2. The number of hydrogen-bond acceptors (Lipinski definition) is 9. The molecule has 3 N–H and O–H groups in total. The van der Waals surface area contributed by atoms with Crippen LogP contribution < -0.4 is 14.8 Å². The number of ether oxygens (including phenoxy) is 2. The third-order valence-electron chi connectivity index (χ3n) is 7.75. The lowest BCUT2D eigenvalue weighted by molar-refractivity contribution is -0.0122. The molecule has 0 saturated heterocycles. The van der Waals surface area contributed by atoms with Crippen LogP contribution in [-0.2, 0) is 14.8 Å². The zero-order chi connectivity index (χ0) is 33.5. The van der Waals surface area contributed by atoms with Gasteiger partial charge in [0.1, 0.15) is 11.4 Å². The predicted molar refractivity (Wildman–Crippen MR) is 170 cm³/mol. The standard InChI is InChI=1S/C31H49N5O8S/c1-19(2)32-31(39)35(8)17-28-20(3)16-36(21(4)18-37)30(38)26-15-25(34-45(40,41)29-23(6)33-44-24(29)7)12-13-27(26)43-22(5)11-9-10-14-42-28/h12-13,15,19-22,28,34,37H,9-11,14,16-18H2,1-8H3,(H,32,39)/t20-,21+,22+,28-/m0/s1. The minimum Gasteiger partial charge on any atom is -0.490 e. The van der Waals surface area contributed by atoms with E-state index < -0.39 is 28.1 Å². The maximum absolute atomic E-state index is 14.3. The number of nitrogens with zero attached hydrogens (tertiary/aromatic N) is 3. The van der Waals surface area contributed by atoms with Crippen molar-refractivity contribution < 1.29 is 37.1 Å². The van der Waals surface area contributed by atoms with E-state index in [0.717, 1.165) is 12.8 Å². The van der Waals surface area contributed by atoms with E-state index >= 15 is 0 Å². The number of aliphatic hydroxyl groups excluding tert-OH is 1. The maximum atomic E-state index is 14.3. The number of aryl methyl sites for hydroxylation is 2. The Hall–Kier alpha value is -3.36. The van der Waals surface area contributed by atoms with Crippen molar-refractivity contribution in [1.82, 2.24) is 20.3 Å². The Labute approximate surface area is 266 Å². The average molecular weight is 652 g/mol. The van der Waals surface area contributed by atoms with E-state index in [1.54, 1.807) is 35.9 Å². The van der Waals surface area contributed by atoms with Gasteiger partial charge in [0.05, 0.1) is 30.4 Å². The molecular weight excluding hydrogens is 602 g/mol. The fraction of sp³-hybridized carbons (Fsp3) is 0.645. The second-order valence-corrected chi connectivity index (χ2v) is 13.9. The zero-order valence-corrected chi connectivity index (χ0v) is 28.4. The molecule has 13 nitrogen and oxygen atoms in total. The average Bonchev–Trinajstić information content (AvgIpc) is 3.32. The minimum absolute atomic E-state index is 0.0242. The molecule has 14 heteroatoms. The highest BCUT2D eigenvalue weighted by atomic mass is 32.2. The fourth-order valence-corrected chi connectivity index (χ4v) is 6.60. The van der Waals surface area contributed by atoms with Crippen LogP contribution in [0.1, 0.15) is 75.7 Å². The number of anilines is 1. The van der Waals surface area contributed by atoms with Crippen molar-refractivity contribution >= 4 is 27.6 Å². The van der Waals surface area contributed by atoms with Gasteiger partial charge in [-0.25, -0.2) is 13.2 Å². The second kappa shape index (κ2) is 15.8. The van der Waals surface area contributed by atoms with Crippen molar-refractivity contribution in [1.29, 1.82) is 0 Å². The molecule has 0 radical (unpaired) electrons. The van der Waals surface area contributed by atoms with Gasteiger partial charge < -0.3 is 34.2 Å². The summed E-state index contributed by atoms with van der Waals surface area (Å²) >= 11 is 0. The molecule has 0 saturated carbocycles. The molecule has 0 unspecified atom stereocenters. The third-order valence-corrected chi connectivity index (χ3v) is 9.38. The quantitative estimate of drug-likeness (QED) is 0.384. The van der Waals surface area contributed by atoms with Crippen LogP contribution in [0.2, 0.25) is 0 Å². The summed E-state index contributed by atoms with van der Waals surface area (Å²) in [7, 11) is -2.37. The monoisotopic (exact) mass is 651 g/mol. The van der Waals surface area contributed by atoms with E-state index in [9.17, 15) is 23.1 Å². The molecule has 0 bridgehead atoms. The number of fused-ring (bicyclic) bond motifs is 1. The number of aliphatic hydroxyl groups is 1. The van der Waals surface area contributed by atoms with E-state index in [2.05, 4.69) is 15.2 Å². The van der Waals surface area contributed by atoms with Crippen LogP contribution >= 0.6 is 0 Å². The van der Waals surface area contributed by atoms with E-state index in [0.29, 0.717) is 25.3 Å². The molecule has 4 atom stereocenters. The fourth-order valence-electron chi connectivity index (χ4n) is 5.22. The van der Waals surface area contributed by atoms with E-state index in [4.69, 9.17) is 14.0 Å². The molecule has 3 rings (SSSR count). The largest absolute Gasteiger partial charge is 0.490 e. The van der Waals surface area contributed by atoms with Gasteiger partial charge in [-0.15, -0.1) is 0 Å². The lowest BCUT2D eigenvalue weighted by Gasteiger charge is -2.36. The summed E-state index contributed by atoms with van der Waals surface area (Å²) in [6.07, 6.45) is 1.67. The Balaban J connectivity index is 2.00. The molecule has 0 fully saturated rings. The number of hydrogen-bond donors (Lipinski definition) is 3. The SMILES string of the molecule is Cc1noc(C)c1S(=O)(=O)Nc1ccc2c(c1)C(=O)N([C@H](C)CO)C[C@H](C)[C@H](CN(C)C(=O)NC(C)C)OCCCC[C@@H](C)O2. The molecule has 0 aliphatic carbocycles. The van der Waals surface area contributed by atoms with Gasteiger partial charge >= 0.3 is 6.03 Å². The lowest BCUT2D eigenvalue weighted by atomic mass is 10.0. The first-order chi connectivity index (χ1) is 21.1. The van der Waals surface area contributed by atoms with Crippen molar-refractivity contribution in [3.63, 3.8) is 0 Å². The van der Waals surface area contributed by atoms with Gasteiger partial charge in [-0.3, -0.25) is 9.52 Å². The van der Waals surface area contributed by atoms with Gasteiger partial charge in [-0.1, -0.05) is 12.1 Å². The first-order valence-corrected chi connectivity index (χ1v) is 16.9. The topological polar surface area (TPSA) is 164 Å². The molecule has 1 aliphatic heterocycles. The summed E-state index contributed by atoms with van der Waals surface area (Å²) in [5.41, 5.74) is 0.520. The molecule has 3 amide bonds. The first kappa shape index (κ1) is 36.1. The van der Waals surface area contributed by atoms with Crippen molar-refractivity contribution in [3.8, 4) is 5.75 Å². The predicted octanol–water partition coefficient (Wildman–Crippen LogP) is 3.94. The van der Waals surface area contributed by atoms with Gasteiger partial charge in [0.2, 0.25) is 0 Å². The van der Waals surface area contributed by atoms with E-state index in [1.165, 1.54) is 19.9 Å². The highest BCUT2D eigenvalue weighted by Gasteiger charge is 2.32. The highest BCUT2D eigenvalue weighted by Crippen LogP contribution is 2.30. The Morgan fingerprint density at radius 2 is 1.91 bits per heavy atom. The number of likely N-dealkylation sites (N-methyl/N-ethyl adjacent to an activating group) is 1. The maximum Gasteiger partial charge on any atom is 0.317 e. The molecular formula is C31H49N5O8S. The van der Waals surface area contributed by atoms with Crippen LogP contribution in [0.3, 0.4) is 0 Å². The van der Waals surface area contributed by atoms with Gasteiger partial charge in [0, 0.05) is 44.4 Å². The van der Waals surface area contributed by atoms with Crippen LogP contribution in [0.25, 0.3) is 0 Å². The van der Waals surface area contributed by atoms with E-state index in [-0.39, 0.29) is 64.8 Å². The third kappa shape index (κ3) is 9.57. The number of sulfonamides is 1. The summed E-state index contributed by atoms with van der Waals surface area (Å²) in [4.78, 5) is 30.0. The highest BCUT2D eigenvalue weighted by molar-refractivity contribution is 7.92. The Morgan fingerprint density at radius 3 is 2.53 bits per heavy atom. The summed E-state index contributed by atoms with van der Waals surface area (Å²) in [6, 6.07) is 3.75. The zero-order valence-electron chi connectivity index (χ0n) is 27.6. The number of rotatable bonds is 8. The summed E-state index contributed by atoms with van der Waals surface area (Å²) in [5, 5.41) is 16.8. The Kier molecular flexibility index (Phi) is 12.7. The summed E-state index contributed by atoms with van der Waals surface area (Å²) < 4.78 is 46.6. The van der Waals surface area contributed by atoms with Gasteiger partial charge in [-0.2, -0.15) is 0 Å². The van der Waals surface area contributed by atoms with Crippen molar-refractivity contribution in [2.45, 2.75) is 96.9 Å². The van der Waals surface area contributed by atoms with Gasteiger partial charge in [0.15, 0.2) is 10.7 Å². The van der Waals surface area contributed by atoms with Crippen molar-refractivity contribution in [3.05, 3.63) is 35.2 Å². The van der Waals surface area contributed by atoms with Crippen LogP contribution in [0.5, 0.6) is 5.75 Å². The Bertz CT molecular complexity index is 1390. The molecule has 1 aliphatic rings. The van der Waals surface area contributed by atoms with Crippen LogP contribution in [0.15, 0.2) is 27.6 Å². The summed E-state index contributed by atoms with van der Waals surface area (Å²) in [6.45, 7) is 13.1. The molecule has 1 aromatic carbocycles. The molecule has 45 heavy (non-hydrogen) atoms. The number of carbonyl (C=O) groups excluding carboxylic acids is 2. The molecule has 0 spiro atoms. The van der Waals surface area contributed by atoms with Crippen molar-refractivity contribution in [2.24, 2.45) is 5.92 Å². The number of amides is 3. The van der Waals surface area contributed by atoms with E-state index in [1.807, 2.05) is 27.7 Å². The molecule has 252 valence electrons. The number of benzene rings is 1. The Morgan fingerprint density at radius 1 is 1.20 bits per heavy atom. The smallest absolute Gasteiger partial charge is 0.317 e. The van der Waals surface area contributed by atoms with Crippen LogP contribution in [0, 0.1) is 19.8 Å². The molecule has 2 aromatic rings. The van der Waals surface area contributed by atoms with Crippen molar-refractivity contribution in [2.75, 3.05) is 38.1 Å². The number of carbonyl (C=O) groups is 2. The van der Waals surface area contributed by atoms with Crippen LogP contribution in [0.4, 0.5) is 10.5 Å². The summed E-state index contributed by atoms with van der Waals surface area (Å²) in [5.74, 6) is -0.214. The van der Waals surface area contributed by atoms with Gasteiger partial charge in [-0.05, 0) is 79.0 Å². The molecule has 1 aromatic heterocycles. The lowest BCUT2D eigenvalue weighted by Crippen LogP contribution is -2.49. The van der Waals surface area contributed by atoms with Gasteiger partial charge in [0.25, 0.3) is 15.9 Å². The minimum atomic E-state index is -4.08. The normalized spacial score (nSPS) is 21.0. The molecule has 2 heterocycles.